The summed E-state index contributed by atoms with van der Waals surface area (Å²) in [5, 5.41) is 6.94. The van der Waals surface area contributed by atoms with Crippen LogP contribution >= 0.6 is 0 Å². The number of aromatic nitrogens is 6. The lowest BCUT2D eigenvalue weighted by Crippen LogP contribution is -2.24. The van der Waals surface area contributed by atoms with Gasteiger partial charge in [-0.2, -0.15) is 0 Å². The Labute approximate surface area is 239 Å². The largest absolute Gasteiger partial charge is 0.336 e. The lowest BCUT2D eigenvalue weighted by Gasteiger charge is -2.20. The molecule has 1 fully saturated rings. The molecule has 0 atom stereocenters. The Bertz CT molecular complexity index is 2020. The average Bonchev–Trinajstić information content (AvgIpc) is 3.66. The quantitative estimate of drug-likeness (QED) is 0.194. The third-order valence-electron chi connectivity index (χ3n) is 8.17. The average molecular weight is 557 g/mol. The lowest BCUT2D eigenvalue weighted by atomic mass is 9.88. The minimum atomic E-state index is -0.426. The topological polar surface area (TPSA) is 131 Å². The fourth-order valence-corrected chi connectivity index (χ4v) is 6.00. The number of hydrogen-bond acceptors (Lipinski definition) is 7. The lowest BCUT2D eigenvalue weighted by molar-refractivity contribution is -0.120. The van der Waals surface area contributed by atoms with Crippen LogP contribution in [0.15, 0.2) is 67.4 Å². The highest BCUT2D eigenvalue weighted by Gasteiger charge is 2.29. The first-order valence-electron chi connectivity index (χ1n) is 14.1. The van der Waals surface area contributed by atoms with Gasteiger partial charge in [0.05, 0.1) is 34.2 Å². The molecule has 3 N–H and O–H groups in total. The fourth-order valence-electron chi connectivity index (χ4n) is 6.00. The van der Waals surface area contributed by atoms with Crippen LogP contribution < -0.4 is 10.6 Å². The number of H-pyrrole nitrogens is 1. The van der Waals surface area contributed by atoms with Crippen molar-refractivity contribution in [1.82, 2.24) is 29.9 Å². The van der Waals surface area contributed by atoms with Crippen LogP contribution in [0.25, 0.3) is 55.7 Å². The van der Waals surface area contributed by atoms with Gasteiger partial charge in [-0.15, -0.1) is 0 Å². The number of aromatic amines is 1. The van der Waals surface area contributed by atoms with E-state index in [0.717, 1.165) is 59.0 Å². The van der Waals surface area contributed by atoms with E-state index in [1.54, 1.807) is 43.1 Å². The maximum absolute atomic E-state index is 15.6. The van der Waals surface area contributed by atoms with Crippen molar-refractivity contribution in [3.8, 4) is 33.6 Å². The molecule has 0 bridgehead atoms. The first kappa shape index (κ1) is 24.5. The molecule has 1 aliphatic heterocycles. The number of carbonyl (C=O) groups excluding carboxylic acids is 1. The van der Waals surface area contributed by atoms with Crippen molar-refractivity contribution in [1.29, 1.82) is 0 Å². The Kier molecular flexibility index (Phi) is 5.66. The fraction of sp³-hybridized carbons (Fsp3) is 0.188. The molecule has 1 amide bonds. The van der Waals surface area contributed by atoms with Gasteiger partial charge in [-0.1, -0.05) is 19.3 Å². The number of rotatable bonds is 5. The number of amides is 1. The van der Waals surface area contributed by atoms with Crippen LogP contribution in [-0.2, 0) is 4.79 Å². The molecule has 8 rings (SSSR count). The van der Waals surface area contributed by atoms with Crippen LogP contribution in [0.1, 0.15) is 32.1 Å². The number of imidazole rings is 1. The second-order valence-electron chi connectivity index (χ2n) is 10.8. The second kappa shape index (κ2) is 9.69. The third kappa shape index (κ3) is 4.23. The van der Waals surface area contributed by atoms with E-state index in [-0.39, 0.29) is 11.8 Å². The number of benzene rings is 1. The van der Waals surface area contributed by atoms with Gasteiger partial charge in [0.1, 0.15) is 11.6 Å². The first-order chi connectivity index (χ1) is 20.6. The molecule has 1 aliphatic carbocycles. The van der Waals surface area contributed by atoms with Crippen molar-refractivity contribution in [2.45, 2.75) is 32.1 Å². The maximum atomic E-state index is 15.6. The zero-order valence-corrected chi connectivity index (χ0v) is 22.5. The summed E-state index contributed by atoms with van der Waals surface area (Å²) in [6, 6.07) is 10.8. The Morgan fingerprint density at radius 3 is 2.62 bits per heavy atom. The number of pyridine rings is 4. The van der Waals surface area contributed by atoms with E-state index < -0.39 is 5.82 Å². The SMILES string of the molecule is O=C(Nc1cncc(-c2cc3c(-c4nc5nccc(-c6ccncc6)c5[nH]4)c4c(nc3cc2F)N4)c1)C1CCCCC1. The van der Waals surface area contributed by atoms with E-state index in [4.69, 9.17) is 4.98 Å². The van der Waals surface area contributed by atoms with E-state index in [0.29, 0.717) is 39.6 Å². The monoisotopic (exact) mass is 556 g/mol. The molecule has 2 aliphatic rings. The van der Waals surface area contributed by atoms with Crippen LogP contribution in [0.2, 0.25) is 0 Å². The van der Waals surface area contributed by atoms with Crippen molar-refractivity contribution in [2.75, 3.05) is 10.6 Å². The van der Waals surface area contributed by atoms with Gasteiger partial charge >= 0.3 is 0 Å². The maximum Gasteiger partial charge on any atom is 0.227 e. The van der Waals surface area contributed by atoms with Gasteiger partial charge in [0.25, 0.3) is 0 Å². The summed E-state index contributed by atoms with van der Waals surface area (Å²) in [4.78, 5) is 38.7. The van der Waals surface area contributed by atoms with Crippen LogP contribution in [0.4, 0.5) is 21.6 Å². The highest BCUT2D eigenvalue weighted by Crippen LogP contribution is 2.49. The standard InChI is InChI=1S/C32H25FN8O/c33-24-14-25-23(13-22(24)19-12-20(16-35-15-19)37-32(42)18-4-2-1-3-5-18)26(28-31(38-25)40-28)29-39-27-21(8-11-36-30(27)41-29)17-6-9-34-10-7-17/h6-16,18H,1-5H2,(H,37,42)(H,38,40)(H,36,39,41). The van der Waals surface area contributed by atoms with Gasteiger partial charge in [0, 0.05) is 58.8 Å². The van der Waals surface area contributed by atoms with Gasteiger partial charge in [0.15, 0.2) is 11.5 Å². The predicted octanol–water partition coefficient (Wildman–Crippen LogP) is 7.01. The van der Waals surface area contributed by atoms with Gasteiger partial charge < -0.3 is 15.6 Å². The molecule has 42 heavy (non-hydrogen) atoms. The molecular weight excluding hydrogens is 531 g/mol. The second-order valence-corrected chi connectivity index (χ2v) is 10.8. The number of hydrogen-bond donors (Lipinski definition) is 3. The van der Waals surface area contributed by atoms with E-state index >= 15 is 4.39 Å². The van der Waals surface area contributed by atoms with Crippen molar-refractivity contribution >= 4 is 45.2 Å². The molecular formula is C32H25FN8O. The summed E-state index contributed by atoms with van der Waals surface area (Å²) in [6.45, 7) is 0. The molecule has 10 heteroatoms. The Morgan fingerprint density at radius 1 is 0.905 bits per heavy atom. The van der Waals surface area contributed by atoms with Crippen molar-refractivity contribution in [2.24, 2.45) is 5.92 Å². The number of nitrogens with zero attached hydrogens (tertiary/aromatic N) is 5. The van der Waals surface area contributed by atoms with Crippen LogP contribution in [-0.4, -0.2) is 35.8 Å². The molecule has 5 aromatic heterocycles. The van der Waals surface area contributed by atoms with Crippen molar-refractivity contribution in [3.05, 3.63) is 73.2 Å². The Morgan fingerprint density at radius 2 is 1.76 bits per heavy atom. The molecule has 0 radical (unpaired) electrons. The van der Waals surface area contributed by atoms with Gasteiger partial charge in [0.2, 0.25) is 5.91 Å². The normalized spacial score (nSPS) is 14.5. The Balaban J connectivity index is 1.21. The molecule has 6 heterocycles. The van der Waals surface area contributed by atoms with E-state index in [2.05, 4.69) is 35.6 Å². The van der Waals surface area contributed by atoms with E-state index in [1.807, 2.05) is 18.2 Å². The predicted molar refractivity (Wildman–Crippen MR) is 160 cm³/mol. The number of anilines is 3. The molecule has 1 saturated carbocycles. The summed E-state index contributed by atoms with van der Waals surface area (Å²) in [5.74, 6) is 0.883. The van der Waals surface area contributed by atoms with Crippen molar-refractivity contribution < 1.29 is 9.18 Å². The molecule has 0 saturated heterocycles. The third-order valence-corrected chi connectivity index (χ3v) is 8.17. The van der Waals surface area contributed by atoms with Gasteiger partial charge in [-0.25, -0.2) is 19.3 Å². The van der Waals surface area contributed by atoms with Gasteiger partial charge in [-0.3, -0.25) is 14.8 Å². The summed E-state index contributed by atoms with van der Waals surface area (Å²) in [6.07, 6.45) is 13.5. The molecule has 206 valence electrons. The number of carbonyl (C=O) groups is 1. The minimum absolute atomic E-state index is 0.00196. The summed E-state index contributed by atoms with van der Waals surface area (Å²) < 4.78 is 15.6. The van der Waals surface area contributed by atoms with Gasteiger partial charge in [-0.05, 0) is 48.7 Å². The zero-order valence-electron chi connectivity index (χ0n) is 22.5. The highest BCUT2D eigenvalue weighted by molar-refractivity contribution is 6.12. The summed E-state index contributed by atoms with van der Waals surface area (Å²) in [7, 11) is 0. The number of fused-ring (bicyclic) bond motifs is 3. The summed E-state index contributed by atoms with van der Waals surface area (Å²) in [5.41, 5.74) is 6.94. The molecule has 0 unspecified atom stereocenters. The number of halogens is 1. The molecule has 1 aromatic carbocycles. The molecule has 0 spiro atoms. The number of nitrogens with one attached hydrogen (secondary N) is 3. The van der Waals surface area contributed by atoms with E-state index in [1.165, 1.54) is 12.5 Å². The van der Waals surface area contributed by atoms with Crippen LogP contribution in [0, 0.1) is 11.7 Å². The minimum Gasteiger partial charge on any atom is -0.336 e. The smallest absolute Gasteiger partial charge is 0.227 e. The van der Waals surface area contributed by atoms with Crippen LogP contribution in [0.3, 0.4) is 0 Å². The molecule has 9 nitrogen and oxygen atoms in total. The first-order valence-corrected chi connectivity index (χ1v) is 14.1. The zero-order chi connectivity index (χ0) is 28.2. The molecule has 6 aromatic rings. The van der Waals surface area contributed by atoms with Crippen LogP contribution in [0.5, 0.6) is 0 Å². The van der Waals surface area contributed by atoms with E-state index in [9.17, 15) is 4.79 Å². The highest BCUT2D eigenvalue weighted by atomic mass is 19.1. The Hall–Kier alpha value is -5.25. The van der Waals surface area contributed by atoms with Crippen molar-refractivity contribution in [3.63, 3.8) is 0 Å². The summed E-state index contributed by atoms with van der Waals surface area (Å²) >= 11 is 0.